The van der Waals surface area contributed by atoms with Crippen molar-refractivity contribution in [2.45, 2.75) is 25.7 Å². The van der Waals surface area contributed by atoms with Crippen molar-refractivity contribution in [2.24, 2.45) is 4.99 Å². The fraction of sp³-hybridized carbons (Fsp3) is 0.500. The van der Waals surface area contributed by atoms with Crippen molar-refractivity contribution in [1.29, 1.82) is 0 Å². The van der Waals surface area contributed by atoms with Gasteiger partial charge in [-0.2, -0.15) is 11.8 Å². The van der Waals surface area contributed by atoms with E-state index in [9.17, 15) is 0 Å². The van der Waals surface area contributed by atoms with E-state index in [0.29, 0.717) is 0 Å². The normalized spacial score (nSPS) is 11.2. The fourth-order valence-corrected chi connectivity index (χ4v) is 3.44. The third kappa shape index (κ3) is 10.2. The minimum atomic E-state index is 0. The van der Waals surface area contributed by atoms with Crippen molar-refractivity contribution in [3.05, 3.63) is 46.5 Å². The summed E-state index contributed by atoms with van der Waals surface area (Å²) in [5, 5.41) is 8.97. The summed E-state index contributed by atoms with van der Waals surface area (Å²) in [4.78, 5) is 6.09. The van der Waals surface area contributed by atoms with Crippen LogP contribution in [0, 0.1) is 0 Å². The Morgan fingerprint density at radius 2 is 2.00 bits per heavy atom. The molecule has 0 aliphatic heterocycles. The molecule has 0 aliphatic rings. The van der Waals surface area contributed by atoms with Crippen LogP contribution in [-0.4, -0.2) is 37.6 Å². The lowest BCUT2D eigenvalue weighted by atomic mass is 10.3. The summed E-state index contributed by atoms with van der Waals surface area (Å²) in [6.45, 7) is 2.59. The Labute approximate surface area is 176 Å². The van der Waals surface area contributed by atoms with Crippen LogP contribution in [0.25, 0.3) is 0 Å². The molecule has 7 heteroatoms. The number of rotatable bonds is 11. The summed E-state index contributed by atoms with van der Waals surface area (Å²) in [6.07, 6.45) is 8.12. The second-order valence-electron chi connectivity index (χ2n) is 5.44. The van der Waals surface area contributed by atoms with E-state index in [1.54, 1.807) is 17.6 Å². The van der Waals surface area contributed by atoms with Gasteiger partial charge in [0.2, 0.25) is 0 Å². The quantitative estimate of drug-likeness (QED) is 0.211. The molecule has 2 rings (SSSR count). The summed E-state index contributed by atoms with van der Waals surface area (Å²) in [7, 11) is 0. The highest BCUT2D eigenvalue weighted by Crippen LogP contribution is 2.08. The first-order chi connectivity index (χ1) is 11.9. The van der Waals surface area contributed by atoms with E-state index in [4.69, 9.17) is 9.41 Å². The Kier molecular flexibility index (Phi) is 13.0. The van der Waals surface area contributed by atoms with Gasteiger partial charge in [0.15, 0.2) is 5.96 Å². The molecule has 0 fully saturated rings. The van der Waals surface area contributed by atoms with Crippen molar-refractivity contribution in [2.75, 3.05) is 31.6 Å². The van der Waals surface area contributed by atoms with E-state index < -0.39 is 0 Å². The summed E-state index contributed by atoms with van der Waals surface area (Å²) < 4.78 is 5.37. The molecule has 0 aromatic carbocycles. The number of unbranched alkanes of at least 4 members (excludes halogenated alkanes) is 1. The molecule has 0 radical (unpaired) electrons. The predicted octanol–water partition coefficient (Wildman–Crippen LogP) is 4.42. The Bertz CT molecular complexity index is 517. The minimum Gasteiger partial charge on any atom is -0.469 e. The first-order valence-electron chi connectivity index (χ1n) is 8.44. The Balaban J connectivity index is 0.00000312. The summed E-state index contributed by atoms with van der Waals surface area (Å²) in [5.41, 5.74) is 0. The van der Waals surface area contributed by atoms with Crippen LogP contribution in [0.1, 0.15) is 23.5 Å². The van der Waals surface area contributed by atoms with Crippen LogP contribution in [0.3, 0.4) is 0 Å². The van der Waals surface area contributed by atoms with Crippen molar-refractivity contribution >= 4 is 53.0 Å². The van der Waals surface area contributed by atoms with Crippen LogP contribution in [0.5, 0.6) is 0 Å². The number of nitrogens with zero attached hydrogens (tertiary/aromatic N) is 1. The molecule has 0 atom stereocenters. The van der Waals surface area contributed by atoms with Crippen molar-refractivity contribution in [3.63, 3.8) is 0 Å². The largest absolute Gasteiger partial charge is 0.469 e. The van der Waals surface area contributed by atoms with Gasteiger partial charge in [-0.05, 0) is 54.9 Å². The molecular weight excluding hydrogens is 465 g/mol. The third-order valence-electron chi connectivity index (χ3n) is 3.51. The van der Waals surface area contributed by atoms with Crippen LogP contribution in [0.15, 0.2) is 45.3 Å². The lowest BCUT2D eigenvalue weighted by Crippen LogP contribution is -2.39. The van der Waals surface area contributed by atoms with E-state index in [0.717, 1.165) is 50.6 Å². The predicted molar refractivity (Wildman–Crippen MR) is 122 cm³/mol. The summed E-state index contributed by atoms with van der Waals surface area (Å²) >= 11 is 3.70. The lowest BCUT2D eigenvalue weighted by molar-refractivity contribution is 0.506. The molecule has 2 N–H and O–H groups in total. The molecule has 2 aromatic rings. The maximum absolute atomic E-state index is 5.37. The number of thiophene rings is 1. The van der Waals surface area contributed by atoms with Crippen molar-refractivity contribution in [3.8, 4) is 0 Å². The molecule has 0 amide bonds. The Morgan fingerprint density at radius 3 is 2.68 bits per heavy atom. The molecule has 0 aliphatic carbocycles. The van der Waals surface area contributed by atoms with Crippen LogP contribution >= 0.6 is 47.1 Å². The van der Waals surface area contributed by atoms with Gasteiger partial charge in [-0.3, -0.25) is 4.99 Å². The zero-order chi connectivity index (χ0) is 16.9. The monoisotopic (exact) mass is 493 g/mol. The molecule has 0 spiro atoms. The minimum absolute atomic E-state index is 0. The fourth-order valence-electron chi connectivity index (χ4n) is 2.24. The highest BCUT2D eigenvalue weighted by atomic mass is 127. The van der Waals surface area contributed by atoms with E-state index >= 15 is 0 Å². The van der Waals surface area contributed by atoms with Gasteiger partial charge in [0, 0.05) is 30.9 Å². The van der Waals surface area contributed by atoms with Gasteiger partial charge in [-0.25, -0.2) is 0 Å². The van der Waals surface area contributed by atoms with Gasteiger partial charge in [-0.1, -0.05) is 6.07 Å². The van der Waals surface area contributed by atoms with Crippen LogP contribution in [0.2, 0.25) is 0 Å². The van der Waals surface area contributed by atoms with Gasteiger partial charge >= 0.3 is 0 Å². The van der Waals surface area contributed by atoms with E-state index in [1.807, 2.05) is 23.9 Å². The van der Waals surface area contributed by atoms with Gasteiger partial charge < -0.3 is 15.1 Å². The Morgan fingerprint density at radius 1 is 1.16 bits per heavy atom. The zero-order valence-electron chi connectivity index (χ0n) is 14.7. The number of nitrogens with one attached hydrogen (secondary N) is 2. The SMILES string of the molecule is CSCCCCN=C(NCCc1ccco1)NCCc1cccs1.I. The standard InChI is InChI=1S/C18H27N3OS2.HI/c1-23-14-3-2-10-19-18(20-11-8-16-6-4-13-22-16)21-12-9-17-7-5-15-24-17;/h4-7,13,15H,2-3,8-12,14H2,1H3,(H2,19,20,21);1H. The maximum Gasteiger partial charge on any atom is 0.191 e. The number of thioether (sulfide) groups is 1. The van der Waals surface area contributed by atoms with E-state index in [2.05, 4.69) is 34.4 Å². The molecule has 25 heavy (non-hydrogen) atoms. The van der Waals surface area contributed by atoms with Crippen LogP contribution < -0.4 is 10.6 Å². The topological polar surface area (TPSA) is 49.6 Å². The lowest BCUT2D eigenvalue weighted by Gasteiger charge is -2.12. The first kappa shape index (κ1) is 22.4. The van der Waals surface area contributed by atoms with Crippen LogP contribution in [0.4, 0.5) is 0 Å². The number of halogens is 1. The number of aliphatic imine (C=N–C) groups is 1. The molecule has 140 valence electrons. The number of guanidine groups is 1. The second-order valence-corrected chi connectivity index (χ2v) is 7.46. The van der Waals surface area contributed by atoms with Gasteiger partial charge in [-0.15, -0.1) is 35.3 Å². The Hall–Kier alpha value is -0.670. The molecule has 0 saturated carbocycles. The molecular formula is C18H28IN3OS2. The number of hydrogen-bond donors (Lipinski definition) is 2. The van der Waals surface area contributed by atoms with Gasteiger partial charge in [0.05, 0.1) is 6.26 Å². The molecule has 0 saturated heterocycles. The molecule has 0 bridgehead atoms. The molecule has 2 aromatic heterocycles. The summed E-state index contributed by atoms with van der Waals surface area (Å²) in [6, 6.07) is 8.21. The van der Waals surface area contributed by atoms with Gasteiger partial charge in [0.1, 0.15) is 5.76 Å². The average molecular weight is 493 g/mol. The van der Waals surface area contributed by atoms with E-state index in [-0.39, 0.29) is 24.0 Å². The molecule has 2 heterocycles. The highest BCUT2D eigenvalue weighted by molar-refractivity contribution is 14.0. The van der Waals surface area contributed by atoms with Crippen molar-refractivity contribution in [1.82, 2.24) is 10.6 Å². The zero-order valence-corrected chi connectivity index (χ0v) is 18.7. The molecule has 0 unspecified atom stereocenters. The molecule has 4 nitrogen and oxygen atoms in total. The summed E-state index contributed by atoms with van der Waals surface area (Å²) in [5.74, 6) is 3.12. The van der Waals surface area contributed by atoms with Crippen LogP contribution in [-0.2, 0) is 12.8 Å². The number of hydrogen-bond acceptors (Lipinski definition) is 4. The van der Waals surface area contributed by atoms with Crippen molar-refractivity contribution < 1.29 is 4.42 Å². The van der Waals surface area contributed by atoms with E-state index in [1.165, 1.54) is 17.1 Å². The smallest absolute Gasteiger partial charge is 0.191 e. The second kappa shape index (κ2) is 14.5. The number of furan rings is 1. The highest BCUT2D eigenvalue weighted by Gasteiger charge is 2.01. The first-order valence-corrected chi connectivity index (χ1v) is 10.7. The maximum atomic E-state index is 5.37. The van der Waals surface area contributed by atoms with Gasteiger partial charge in [0.25, 0.3) is 0 Å². The average Bonchev–Trinajstić information content (AvgIpc) is 3.28. The third-order valence-corrected chi connectivity index (χ3v) is 5.15.